The number of carbonyl (C=O) groups is 1. The third-order valence-electron chi connectivity index (χ3n) is 1.76. The van der Waals surface area contributed by atoms with Crippen LogP contribution < -0.4 is 5.32 Å². The van der Waals surface area contributed by atoms with Gasteiger partial charge < -0.3 is 5.32 Å². The molecule has 5 nitrogen and oxygen atoms in total. The smallest absolute Gasteiger partial charge is 0.294 e. The molecule has 0 aliphatic carbocycles. The van der Waals surface area contributed by atoms with Gasteiger partial charge in [-0.25, -0.2) is 0 Å². The molecule has 0 unspecified atom stereocenters. The number of anilines is 1. The van der Waals surface area contributed by atoms with Gasteiger partial charge in [-0.15, -0.1) is 0 Å². The summed E-state index contributed by atoms with van der Waals surface area (Å²) in [5.74, 6) is -0.158. The zero-order valence-corrected chi connectivity index (χ0v) is 8.91. The Labute approximate surface area is 87.9 Å². The van der Waals surface area contributed by atoms with Crippen molar-refractivity contribution in [2.75, 3.05) is 5.32 Å². The molecule has 0 spiro atoms. The lowest BCUT2D eigenvalue weighted by Crippen LogP contribution is -2.09. The van der Waals surface area contributed by atoms with Crippen molar-refractivity contribution in [3.8, 4) is 0 Å². The van der Waals surface area contributed by atoms with Crippen LogP contribution >= 0.6 is 0 Å². The average Bonchev–Trinajstić information content (AvgIpc) is 2.17. The van der Waals surface area contributed by atoms with Crippen molar-refractivity contribution in [3.05, 3.63) is 24.3 Å². The Balaban J connectivity index is 2.86. The molecule has 0 fully saturated rings. The molecule has 0 saturated carbocycles. The maximum absolute atomic E-state index is 11.0. The van der Waals surface area contributed by atoms with Gasteiger partial charge in [0.15, 0.2) is 0 Å². The standard InChI is InChI=1S/C9H11NO4S/c1-2-9(11)10-7-3-5-8(6-4-7)15(12,13)14/h3-6H,2H2,1H3,(H,10,11)(H,12,13,14). The summed E-state index contributed by atoms with van der Waals surface area (Å²) in [5, 5.41) is 2.55. The molecule has 0 aliphatic rings. The fraction of sp³-hybridized carbons (Fsp3) is 0.222. The predicted molar refractivity (Wildman–Crippen MR) is 55.2 cm³/mol. The quantitative estimate of drug-likeness (QED) is 0.765. The number of benzene rings is 1. The van der Waals surface area contributed by atoms with Crippen LogP contribution in [0.3, 0.4) is 0 Å². The Morgan fingerprint density at radius 3 is 2.27 bits per heavy atom. The lowest BCUT2D eigenvalue weighted by molar-refractivity contribution is -0.115. The maximum Gasteiger partial charge on any atom is 0.294 e. The number of rotatable bonds is 3. The van der Waals surface area contributed by atoms with Crippen molar-refractivity contribution in [2.24, 2.45) is 0 Å². The monoisotopic (exact) mass is 229 g/mol. The molecule has 0 saturated heterocycles. The summed E-state index contributed by atoms with van der Waals surface area (Å²) in [6.45, 7) is 1.71. The van der Waals surface area contributed by atoms with Crippen LogP contribution in [-0.2, 0) is 14.9 Å². The van der Waals surface area contributed by atoms with Crippen LogP contribution in [0.4, 0.5) is 5.69 Å². The van der Waals surface area contributed by atoms with Gasteiger partial charge in [0.25, 0.3) is 10.1 Å². The maximum atomic E-state index is 11.0. The first kappa shape index (κ1) is 11.7. The van der Waals surface area contributed by atoms with E-state index in [0.29, 0.717) is 12.1 Å². The molecule has 82 valence electrons. The van der Waals surface area contributed by atoms with Crippen LogP contribution in [-0.4, -0.2) is 18.9 Å². The minimum Gasteiger partial charge on any atom is -0.326 e. The first-order chi connectivity index (χ1) is 6.93. The summed E-state index contributed by atoms with van der Waals surface area (Å²) in [4.78, 5) is 10.8. The second-order valence-corrected chi connectivity index (χ2v) is 4.32. The van der Waals surface area contributed by atoms with E-state index in [1.165, 1.54) is 24.3 Å². The van der Waals surface area contributed by atoms with E-state index < -0.39 is 10.1 Å². The molecule has 0 aliphatic heterocycles. The Kier molecular flexibility index (Phi) is 3.43. The average molecular weight is 229 g/mol. The van der Waals surface area contributed by atoms with Gasteiger partial charge >= 0.3 is 0 Å². The SMILES string of the molecule is CCC(=O)Nc1ccc(S(=O)(=O)O)cc1. The van der Waals surface area contributed by atoms with E-state index in [-0.39, 0.29) is 10.8 Å². The minimum absolute atomic E-state index is 0.158. The van der Waals surface area contributed by atoms with E-state index >= 15 is 0 Å². The largest absolute Gasteiger partial charge is 0.326 e. The Bertz CT molecular complexity index is 450. The van der Waals surface area contributed by atoms with Crippen molar-refractivity contribution in [2.45, 2.75) is 18.2 Å². The number of carbonyl (C=O) groups excluding carboxylic acids is 1. The Morgan fingerprint density at radius 1 is 1.33 bits per heavy atom. The summed E-state index contributed by atoms with van der Waals surface area (Å²) >= 11 is 0. The summed E-state index contributed by atoms with van der Waals surface area (Å²) in [6, 6.07) is 5.27. The van der Waals surface area contributed by atoms with Gasteiger partial charge in [-0.05, 0) is 24.3 Å². The Hall–Kier alpha value is -1.40. The molecule has 1 amide bonds. The fourth-order valence-corrected chi connectivity index (χ4v) is 1.44. The number of hydrogen-bond acceptors (Lipinski definition) is 3. The molecule has 2 N–H and O–H groups in total. The number of amides is 1. The van der Waals surface area contributed by atoms with Gasteiger partial charge in [0, 0.05) is 12.1 Å². The molecule has 6 heteroatoms. The second-order valence-electron chi connectivity index (χ2n) is 2.90. The molecular weight excluding hydrogens is 218 g/mol. The number of nitrogens with one attached hydrogen (secondary N) is 1. The first-order valence-electron chi connectivity index (χ1n) is 4.31. The second kappa shape index (κ2) is 4.41. The summed E-state index contributed by atoms with van der Waals surface area (Å²) in [5.41, 5.74) is 0.495. The summed E-state index contributed by atoms with van der Waals surface area (Å²) in [6.07, 6.45) is 0.347. The first-order valence-corrected chi connectivity index (χ1v) is 5.75. The highest BCUT2D eigenvalue weighted by molar-refractivity contribution is 7.85. The van der Waals surface area contributed by atoms with Gasteiger partial charge in [0.2, 0.25) is 5.91 Å². The lowest BCUT2D eigenvalue weighted by Gasteiger charge is -2.03. The third-order valence-corrected chi connectivity index (χ3v) is 2.62. The predicted octanol–water partition coefficient (Wildman–Crippen LogP) is 1.28. The van der Waals surface area contributed by atoms with Crippen molar-refractivity contribution in [1.82, 2.24) is 0 Å². The van der Waals surface area contributed by atoms with Crippen LogP contribution in [0.5, 0.6) is 0 Å². The van der Waals surface area contributed by atoms with Crippen LogP contribution in [0.25, 0.3) is 0 Å². The Morgan fingerprint density at radius 2 is 1.87 bits per heavy atom. The van der Waals surface area contributed by atoms with Gasteiger partial charge in [-0.2, -0.15) is 8.42 Å². The summed E-state index contributed by atoms with van der Waals surface area (Å²) < 4.78 is 30.1. The normalized spacial score (nSPS) is 11.1. The number of hydrogen-bond donors (Lipinski definition) is 2. The van der Waals surface area contributed by atoms with Crippen LogP contribution in [0.2, 0.25) is 0 Å². The molecule has 1 rings (SSSR count). The van der Waals surface area contributed by atoms with Crippen molar-refractivity contribution < 1.29 is 17.8 Å². The lowest BCUT2D eigenvalue weighted by atomic mass is 10.3. The van der Waals surface area contributed by atoms with Crippen LogP contribution in [0.1, 0.15) is 13.3 Å². The van der Waals surface area contributed by atoms with Gasteiger partial charge in [0.05, 0.1) is 4.90 Å². The molecule has 0 bridgehead atoms. The highest BCUT2D eigenvalue weighted by atomic mass is 32.2. The van der Waals surface area contributed by atoms with E-state index in [4.69, 9.17) is 4.55 Å². The third kappa shape index (κ3) is 3.34. The van der Waals surface area contributed by atoms with Gasteiger partial charge in [-0.1, -0.05) is 6.92 Å². The molecule has 15 heavy (non-hydrogen) atoms. The minimum atomic E-state index is -4.17. The van der Waals surface area contributed by atoms with E-state index in [2.05, 4.69) is 5.32 Å². The molecule has 0 atom stereocenters. The zero-order valence-electron chi connectivity index (χ0n) is 8.10. The van der Waals surface area contributed by atoms with Gasteiger partial charge in [-0.3, -0.25) is 9.35 Å². The van der Waals surface area contributed by atoms with Crippen LogP contribution in [0.15, 0.2) is 29.2 Å². The van der Waals surface area contributed by atoms with Crippen molar-refractivity contribution >= 4 is 21.7 Å². The summed E-state index contributed by atoms with van der Waals surface area (Å²) in [7, 11) is -4.17. The highest BCUT2D eigenvalue weighted by Crippen LogP contribution is 2.13. The molecule has 0 heterocycles. The van der Waals surface area contributed by atoms with Gasteiger partial charge in [0.1, 0.15) is 0 Å². The molecule has 1 aromatic carbocycles. The van der Waals surface area contributed by atoms with E-state index in [0.717, 1.165) is 0 Å². The van der Waals surface area contributed by atoms with E-state index in [1.807, 2.05) is 0 Å². The molecule has 0 aromatic heterocycles. The molecule has 1 aromatic rings. The topological polar surface area (TPSA) is 83.5 Å². The van der Waals surface area contributed by atoms with E-state index in [9.17, 15) is 13.2 Å². The van der Waals surface area contributed by atoms with E-state index in [1.54, 1.807) is 6.92 Å². The fourth-order valence-electron chi connectivity index (χ4n) is 0.960. The van der Waals surface area contributed by atoms with Crippen molar-refractivity contribution in [3.63, 3.8) is 0 Å². The molecular formula is C9H11NO4S. The van der Waals surface area contributed by atoms with Crippen molar-refractivity contribution in [1.29, 1.82) is 0 Å². The molecule has 0 radical (unpaired) electrons. The highest BCUT2D eigenvalue weighted by Gasteiger charge is 2.08. The zero-order chi connectivity index (χ0) is 11.5. The van der Waals surface area contributed by atoms with Crippen LogP contribution in [0, 0.1) is 0 Å².